The Kier molecular flexibility index (Phi) is 4.24. The first kappa shape index (κ1) is 14.8. The first-order chi connectivity index (χ1) is 10.6. The highest BCUT2D eigenvalue weighted by Crippen LogP contribution is 2.21. The van der Waals surface area contributed by atoms with Crippen molar-refractivity contribution in [3.8, 4) is 0 Å². The second kappa shape index (κ2) is 6.32. The molecule has 1 aliphatic rings. The van der Waals surface area contributed by atoms with Crippen LogP contribution in [0.4, 0.5) is 0 Å². The lowest BCUT2D eigenvalue weighted by molar-refractivity contribution is -0.122. The molecule has 2 aromatic rings. The first-order valence-corrected chi connectivity index (χ1v) is 7.62. The summed E-state index contributed by atoms with van der Waals surface area (Å²) in [5, 5.41) is 3.80. The summed E-state index contributed by atoms with van der Waals surface area (Å²) >= 11 is 0. The molecule has 1 atom stereocenters. The van der Waals surface area contributed by atoms with E-state index in [0.29, 0.717) is 12.1 Å². The molecule has 0 aliphatic carbocycles. The zero-order valence-electron chi connectivity index (χ0n) is 12.7. The molecule has 1 aliphatic heterocycles. The Morgan fingerprint density at radius 2 is 2.18 bits per heavy atom. The van der Waals surface area contributed by atoms with Gasteiger partial charge in [0, 0.05) is 35.8 Å². The minimum absolute atomic E-state index is 0.00899. The number of Topliss-reactive ketones (excluding diaryl/α,β-unsaturated/α-hetero) is 1. The molecule has 0 spiro atoms. The van der Waals surface area contributed by atoms with E-state index < -0.39 is 0 Å². The number of hydrogen-bond donors (Lipinski definition) is 1. The number of benzene rings is 1. The van der Waals surface area contributed by atoms with Crippen LogP contribution in [0.1, 0.15) is 30.1 Å². The van der Waals surface area contributed by atoms with E-state index in [1.54, 1.807) is 13.1 Å². The van der Waals surface area contributed by atoms with Crippen molar-refractivity contribution in [2.45, 2.75) is 32.4 Å². The van der Waals surface area contributed by atoms with Gasteiger partial charge >= 0.3 is 0 Å². The molecule has 1 fully saturated rings. The van der Waals surface area contributed by atoms with Gasteiger partial charge in [-0.15, -0.1) is 0 Å². The number of rotatable bonds is 5. The molecule has 5 nitrogen and oxygen atoms in total. The maximum Gasteiger partial charge on any atom is 0.240 e. The van der Waals surface area contributed by atoms with E-state index in [1.807, 2.05) is 28.8 Å². The normalized spacial score (nSPS) is 17.8. The van der Waals surface area contributed by atoms with Crippen LogP contribution in [-0.2, 0) is 16.1 Å². The number of fused-ring (bicyclic) bond motifs is 1. The molecule has 1 saturated heterocycles. The number of amides is 1. The number of ether oxygens (including phenoxy) is 1. The standard InChI is InChI=1S/C17H20N2O3/c1-12(20)15-10-19(16-7-3-2-6-14(15)16)11-17(21)18-9-13-5-4-8-22-13/h2-3,6-7,10,13H,4-5,8-9,11H2,1H3,(H,18,21)/t13-/m0/s1. The summed E-state index contributed by atoms with van der Waals surface area (Å²) in [6.45, 7) is 3.09. The zero-order chi connectivity index (χ0) is 15.5. The largest absolute Gasteiger partial charge is 0.376 e. The minimum Gasteiger partial charge on any atom is -0.376 e. The summed E-state index contributed by atoms with van der Waals surface area (Å²) in [6, 6.07) is 7.64. The zero-order valence-corrected chi connectivity index (χ0v) is 12.7. The number of para-hydroxylation sites is 1. The molecule has 1 aromatic carbocycles. The summed E-state index contributed by atoms with van der Waals surface area (Å²) < 4.78 is 7.32. The van der Waals surface area contributed by atoms with Crippen molar-refractivity contribution < 1.29 is 14.3 Å². The third-order valence-corrected chi connectivity index (χ3v) is 4.03. The van der Waals surface area contributed by atoms with Crippen molar-refractivity contribution in [2.75, 3.05) is 13.2 Å². The Bertz CT molecular complexity index is 699. The molecule has 2 heterocycles. The molecular weight excluding hydrogens is 280 g/mol. The molecule has 0 radical (unpaired) electrons. The summed E-state index contributed by atoms with van der Waals surface area (Å²) in [7, 11) is 0. The van der Waals surface area contributed by atoms with Gasteiger partial charge in [-0.05, 0) is 25.8 Å². The molecule has 1 amide bonds. The average molecular weight is 300 g/mol. The number of ketones is 1. The Labute approximate surface area is 129 Å². The molecule has 116 valence electrons. The highest BCUT2D eigenvalue weighted by atomic mass is 16.5. The van der Waals surface area contributed by atoms with Crippen molar-refractivity contribution in [3.05, 3.63) is 36.0 Å². The van der Waals surface area contributed by atoms with Gasteiger partial charge in [0.1, 0.15) is 6.54 Å². The van der Waals surface area contributed by atoms with Gasteiger partial charge < -0.3 is 14.6 Å². The van der Waals surface area contributed by atoms with E-state index in [2.05, 4.69) is 5.32 Å². The third-order valence-electron chi connectivity index (χ3n) is 4.03. The average Bonchev–Trinajstić information content (AvgIpc) is 3.13. The van der Waals surface area contributed by atoms with Crippen LogP contribution in [0.25, 0.3) is 10.9 Å². The SMILES string of the molecule is CC(=O)c1cn(CC(=O)NC[C@@H]2CCCO2)c2ccccc12. The molecule has 22 heavy (non-hydrogen) atoms. The van der Waals surface area contributed by atoms with E-state index in [9.17, 15) is 9.59 Å². The Morgan fingerprint density at radius 3 is 2.91 bits per heavy atom. The smallest absolute Gasteiger partial charge is 0.240 e. The topological polar surface area (TPSA) is 60.3 Å². The fourth-order valence-electron chi connectivity index (χ4n) is 2.90. The van der Waals surface area contributed by atoms with Crippen LogP contribution >= 0.6 is 0 Å². The number of carbonyl (C=O) groups is 2. The predicted molar refractivity (Wildman–Crippen MR) is 83.9 cm³/mol. The maximum absolute atomic E-state index is 12.1. The van der Waals surface area contributed by atoms with E-state index >= 15 is 0 Å². The molecule has 1 N–H and O–H groups in total. The van der Waals surface area contributed by atoms with Crippen molar-refractivity contribution in [3.63, 3.8) is 0 Å². The van der Waals surface area contributed by atoms with Crippen molar-refractivity contribution in [2.24, 2.45) is 0 Å². The summed E-state index contributed by atoms with van der Waals surface area (Å²) in [6.07, 6.45) is 3.96. The molecule has 1 aromatic heterocycles. The van der Waals surface area contributed by atoms with Crippen LogP contribution in [0.3, 0.4) is 0 Å². The van der Waals surface area contributed by atoms with E-state index in [-0.39, 0.29) is 24.3 Å². The quantitative estimate of drug-likeness (QED) is 0.861. The molecule has 5 heteroatoms. The Hall–Kier alpha value is -2.14. The van der Waals surface area contributed by atoms with Crippen LogP contribution in [0.2, 0.25) is 0 Å². The van der Waals surface area contributed by atoms with Crippen molar-refractivity contribution in [1.29, 1.82) is 0 Å². The van der Waals surface area contributed by atoms with Crippen LogP contribution in [0.5, 0.6) is 0 Å². The van der Waals surface area contributed by atoms with Gasteiger partial charge in [-0.3, -0.25) is 9.59 Å². The lowest BCUT2D eigenvalue weighted by Crippen LogP contribution is -2.34. The second-order valence-corrected chi connectivity index (χ2v) is 5.68. The van der Waals surface area contributed by atoms with E-state index in [1.165, 1.54) is 0 Å². The lowest BCUT2D eigenvalue weighted by Gasteiger charge is -2.11. The highest BCUT2D eigenvalue weighted by Gasteiger charge is 2.17. The number of nitrogens with one attached hydrogen (secondary N) is 1. The van der Waals surface area contributed by atoms with E-state index in [0.717, 1.165) is 30.4 Å². The predicted octanol–water partition coefficient (Wildman–Crippen LogP) is 2.14. The van der Waals surface area contributed by atoms with Crippen LogP contribution in [-0.4, -0.2) is 35.5 Å². The summed E-state index contributed by atoms with van der Waals surface area (Å²) in [4.78, 5) is 23.8. The highest BCUT2D eigenvalue weighted by molar-refractivity contribution is 6.07. The van der Waals surface area contributed by atoms with Crippen LogP contribution in [0.15, 0.2) is 30.5 Å². The van der Waals surface area contributed by atoms with Gasteiger partial charge in [0.15, 0.2) is 5.78 Å². The van der Waals surface area contributed by atoms with Gasteiger partial charge in [-0.25, -0.2) is 0 Å². The Balaban J connectivity index is 1.72. The lowest BCUT2D eigenvalue weighted by atomic mass is 10.1. The fraction of sp³-hybridized carbons (Fsp3) is 0.412. The van der Waals surface area contributed by atoms with Gasteiger partial charge in [0.05, 0.1) is 6.10 Å². The van der Waals surface area contributed by atoms with Gasteiger partial charge in [0.25, 0.3) is 0 Å². The van der Waals surface area contributed by atoms with Crippen molar-refractivity contribution in [1.82, 2.24) is 9.88 Å². The molecule has 0 bridgehead atoms. The molecular formula is C17H20N2O3. The van der Waals surface area contributed by atoms with Gasteiger partial charge in [0.2, 0.25) is 5.91 Å². The first-order valence-electron chi connectivity index (χ1n) is 7.62. The van der Waals surface area contributed by atoms with Gasteiger partial charge in [-0.1, -0.05) is 18.2 Å². The number of carbonyl (C=O) groups excluding carboxylic acids is 2. The van der Waals surface area contributed by atoms with Crippen LogP contribution in [0, 0.1) is 0 Å². The monoisotopic (exact) mass is 300 g/mol. The molecule has 3 rings (SSSR count). The summed E-state index contributed by atoms with van der Waals surface area (Å²) in [5.41, 5.74) is 1.56. The van der Waals surface area contributed by atoms with Crippen molar-refractivity contribution >= 4 is 22.6 Å². The van der Waals surface area contributed by atoms with E-state index in [4.69, 9.17) is 4.74 Å². The molecule has 0 unspecified atom stereocenters. The molecule has 0 saturated carbocycles. The minimum atomic E-state index is -0.0636. The summed E-state index contributed by atoms with van der Waals surface area (Å²) in [5.74, 6) is -0.0546. The number of aromatic nitrogens is 1. The Morgan fingerprint density at radius 1 is 1.36 bits per heavy atom. The number of hydrogen-bond acceptors (Lipinski definition) is 3. The van der Waals surface area contributed by atoms with Crippen LogP contribution < -0.4 is 5.32 Å². The van der Waals surface area contributed by atoms with Gasteiger partial charge in [-0.2, -0.15) is 0 Å². The fourth-order valence-corrected chi connectivity index (χ4v) is 2.90. The maximum atomic E-state index is 12.1. The number of nitrogens with zero attached hydrogens (tertiary/aromatic N) is 1. The third kappa shape index (κ3) is 3.04. The second-order valence-electron chi connectivity index (χ2n) is 5.68.